The van der Waals surface area contributed by atoms with Crippen LogP contribution in [0.3, 0.4) is 0 Å². The average molecular weight is 859 g/mol. The van der Waals surface area contributed by atoms with Gasteiger partial charge in [-0.2, -0.15) is 0 Å². The van der Waals surface area contributed by atoms with Crippen LogP contribution >= 0.6 is 0 Å². The van der Waals surface area contributed by atoms with Crippen molar-refractivity contribution >= 4 is 51.7 Å². The van der Waals surface area contributed by atoms with Gasteiger partial charge in [0, 0.05) is 82.7 Å². The van der Waals surface area contributed by atoms with E-state index in [4.69, 9.17) is 5.11 Å². The van der Waals surface area contributed by atoms with E-state index in [9.17, 15) is 23.2 Å². The third-order valence-corrected chi connectivity index (χ3v) is 13.2. The molecule has 0 saturated carbocycles. The predicted molar refractivity (Wildman–Crippen MR) is 239 cm³/mol. The van der Waals surface area contributed by atoms with Gasteiger partial charge in [0.15, 0.2) is 0 Å². The number of carbonyl (C=O) groups excluding carboxylic acids is 2. The summed E-state index contributed by atoms with van der Waals surface area (Å²) in [5, 5.41) is 12.4. The van der Waals surface area contributed by atoms with Crippen LogP contribution in [0, 0.1) is 17.6 Å². The molecule has 4 N–H and O–H groups in total. The molecule has 6 aromatic rings. The van der Waals surface area contributed by atoms with Gasteiger partial charge in [-0.3, -0.25) is 9.69 Å². The molecule has 4 aliphatic heterocycles. The number of aromatic nitrogens is 4. The Balaban J connectivity index is 0.000000161. The maximum absolute atomic E-state index is 14.6. The van der Waals surface area contributed by atoms with Gasteiger partial charge in [-0.25, -0.2) is 23.5 Å². The molecule has 0 unspecified atom stereocenters. The quantitative estimate of drug-likeness (QED) is 0.136. The van der Waals surface area contributed by atoms with Gasteiger partial charge >= 0.3 is 6.09 Å². The molecule has 4 saturated heterocycles. The van der Waals surface area contributed by atoms with E-state index in [2.05, 4.69) is 40.0 Å². The molecule has 2 amide bonds. The molecule has 0 aliphatic carbocycles. The van der Waals surface area contributed by atoms with Crippen molar-refractivity contribution in [1.29, 1.82) is 0 Å². The van der Waals surface area contributed by atoms with Gasteiger partial charge in [-0.15, -0.1) is 0 Å². The van der Waals surface area contributed by atoms with Crippen molar-refractivity contribution in [3.05, 3.63) is 96.6 Å². The third-order valence-electron chi connectivity index (χ3n) is 13.2. The highest BCUT2D eigenvalue weighted by Crippen LogP contribution is 2.32. The highest BCUT2D eigenvalue weighted by Gasteiger charge is 2.39. The van der Waals surface area contributed by atoms with Gasteiger partial charge in [0.1, 0.15) is 29.6 Å². The van der Waals surface area contributed by atoms with Crippen LogP contribution in [0.2, 0.25) is 0 Å². The highest BCUT2D eigenvalue weighted by atomic mass is 19.1. The van der Waals surface area contributed by atoms with Crippen molar-refractivity contribution in [3.63, 3.8) is 0 Å². The van der Waals surface area contributed by atoms with Gasteiger partial charge in [0.05, 0.1) is 38.7 Å². The molecule has 4 aliphatic rings. The molecule has 328 valence electrons. The number of rotatable bonds is 7. The maximum Gasteiger partial charge on any atom is 0.407 e. The lowest BCUT2D eigenvalue weighted by Gasteiger charge is -2.47. The number of hydrogen-bond acceptors (Lipinski definition) is 9. The van der Waals surface area contributed by atoms with E-state index in [-0.39, 0.29) is 29.0 Å². The van der Waals surface area contributed by atoms with Crippen LogP contribution in [0.4, 0.5) is 25.0 Å². The summed E-state index contributed by atoms with van der Waals surface area (Å²) in [6.45, 7) is 8.38. The van der Waals surface area contributed by atoms with E-state index >= 15 is 0 Å². The average Bonchev–Trinajstić information content (AvgIpc) is 3.97. The highest BCUT2D eigenvalue weighted by molar-refractivity contribution is 5.82. The van der Waals surface area contributed by atoms with Crippen LogP contribution in [-0.4, -0.2) is 142 Å². The molecule has 2 aromatic heterocycles. The van der Waals surface area contributed by atoms with Gasteiger partial charge in [-0.1, -0.05) is 24.3 Å². The molecule has 4 fully saturated rings. The second kappa shape index (κ2) is 18.1. The van der Waals surface area contributed by atoms with Crippen molar-refractivity contribution in [2.75, 3.05) is 88.3 Å². The Morgan fingerprint density at radius 2 is 1.14 bits per heavy atom. The molecular weight excluding hydrogens is 807 g/mol. The van der Waals surface area contributed by atoms with Crippen molar-refractivity contribution < 1.29 is 28.3 Å². The molecule has 0 radical (unpaired) electrons. The number of nitrogens with one attached hydrogen (secondary N) is 3. The first-order chi connectivity index (χ1) is 30.7. The number of aldehydes is 1. The van der Waals surface area contributed by atoms with Crippen molar-refractivity contribution in [3.8, 4) is 22.8 Å². The molecule has 6 heterocycles. The lowest BCUT2D eigenvalue weighted by molar-refractivity contribution is -0.137. The Labute approximate surface area is 363 Å². The number of carbonyl (C=O) groups is 3. The van der Waals surface area contributed by atoms with E-state index in [1.807, 2.05) is 71.6 Å². The number of piperidine rings is 2. The summed E-state index contributed by atoms with van der Waals surface area (Å²) >= 11 is 0. The van der Waals surface area contributed by atoms with E-state index in [0.717, 1.165) is 91.8 Å². The normalized spacial score (nSPS) is 18.6. The van der Waals surface area contributed by atoms with Crippen LogP contribution in [0.25, 0.3) is 44.8 Å². The molecule has 63 heavy (non-hydrogen) atoms. The fourth-order valence-corrected chi connectivity index (χ4v) is 9.48. The second-order valence-electron chi connectivity index (χ2n) is 16.8. The van der Waals surface area contributed by atoms with E-state index < -0.39 is 6.09 Å². The molecule has 0 spiro atoms. The number of halogens is 2. The summed E-state index contributed by atoms with van der Waals surface area (Å²) in [5.74, 6) is 0.422. The van der Waals surface area contributed by atoms with Crippen molar-refractivity contribution in [1.82, 2.24) is 40.0 Å². The standard InChI is InChI=1S/C24H26FN5O3.C23H26FN5O/c25-19-6-5-17(15-18(19)22-26-20-3-1-2-4-21(20)27-22)28-11-13-29(14-12-28)23(31)16-7-9-30(10-8-16)24(32)33;24-19-6-5-17(15-18(19)22-26-20-3-1-2-4-21(20)27-22)28-11-13-29(14-12-28)23(16-30)7-9-25-10-8-23/h1-6,15-16H,7-14H2,(H,26,27)(H,32,33);1-6,15-16,25H,7-14H2,(H,26,27). The number of anilines is 2. The zero-order valence-electron chi connectivity index (χ0n) is 35.1. The summed E-state index contributed by atoms with van der Waals surface area (Å²) < 4.78 is 29.3. The molecule has 0 bridgehead atoms. The molecular formula is C47H52F2N10O4. The molecule has 10 rings (SSSR count). The topological polar surface area (TPSA) is 157 Å². The van der Waals surface area contributed by atoms with Crippen LogP contribution in [0.1, 0.15) is 25.7 Å². The monoisotopic (exact) mass is 858 g/mol. The van der Waals surface area contributed by atoms with Gasteiger partial charge in [0.2, 0.25) is 5.91 Å². The largest absolute Gasteiger partial charge is 0.465 e. The number of likely N-dealkylation sites (tertiary alicyclic amines) is 1. The van der Waals surface area contributed by atoms with Gasteiger partial charge in [0.25, 0.3) is 0 Å². The summed E-state index contributed by atoms with van der Waals surface area (Å²) in [6, 6.07) is 25.6. The molecule has 14 nitrogen and oxygen atoms in total. The first-order valence-electron chi connectivity index (χ1n) is 21.9. The summed E-state index contributed by atoms with van der Waals surface area (Å²) in [6.07, 6.45) is 3.11. The van der Waals surface area contributed by atoms with Crippen LogP contribution in [0.5, 0.6) is 0 Å². The number of carboxylic acid groups (broad SMARTS) is 1. The number of para-hydroxylation sites is 4. The fourth-order valence-electron chi connectivity index (χ4n) is 9.48. The van der Waals surface area contributed by atoms with E-state index in [1.165, 1.54) is 17.0 Å². The third kappa shape index (κ3) is 8.82. The predicted octanol–water partition coefficient (Wildman–Crippen LogP) is 6.22. The van der Waals surface area contributed by atoms with Gasteiger partial charge in [-0.05, 0) is 99.4 Å². The number of imidazole rings is 2. The number of benzene rings is 4. The number of fused-ring (bicyclic) bond motifs is 2. The number of aromatic amines is 2. The summed E-state index contributed by atoms with van der Waals surface area (Å²) in [4.78, 5) is 61.4. The molecule has 0 atom stereocenters. The smallest absolute Gasteiger partial charge is 0.407 e. The minimum atomic E-state index is -0.921. The van der Waals surface area contributed by atoms with E-state index in [1.54, 1.807) is 6.07 Å². The number of nitrogens with zero attached hydrogens (tertiary/aromatic N) is 7. The van der Waals surface area contributed by atoms with Gasteiger partial charge < -0.3 is 44.8 Å². The van der Waals surface area contributed by atoms with E-state index in [0.29, 0.717) is 74.9 Å². The minimum absolute atomic E-state index is 0.113. The summed E-state index contributed by atoms with van der Waals surface area (Å²) in [7, 11) is 0. The zero-order valence-corrected chi connectivity index (χ0v) is 35.1. The Morgan fingerprint density at radius 1 is 0.651 bits per heavy atom. The first-order valence-corrected chi connectivity index (χ1v) is 21.9. The molecule has 16 heteroatoms. The number of amides is 2. The van der Waals surface area contributed by atoms with Crippen molar-refractivity contribution in [2.24, 2.45) is 5.92 Å². The summed E-state index contributed by atoms with van der Waals surface area (Å²) in [5.41, 5.74) is 5.82. The Kier molecular flexibility index (Phi) is 12.1. The Bertz CT molecular complexity index is 2520. The van der Waals surface area contributed by atoms with Crippen LogP contribution in [-0.2, 0) is 9.59 Å². The molecule has 4 aromatic carbocycles. The first kappa shape index (κ1) is 41.9. The van der Waals surface area contributed by atoms with Crippen molar-refractivity contribution in [2.45, 2.75) is 31.2 Å². The Morgan fingerprint density at radius 3 is 1.62 bits per heavy atom. The minimum Gasteiger partial charge on any atom is -0.465 e. The van der Waals surface area contributed by atoms with Crippen LogP contribution < -0.4 is 15.1 Å². The lowest BCUT2D eigenvalue weighted by atomic mass is 9.87. The Hall–Kier alpha value is -6.39. The number of H-pyrrole nitrogens is 2. The lowest BCUT2D eigenvalue weighted by Crippen LogP contribution is -2.61. The zero-order chi connectivity index (χ0) is 43.5. The fraction of sp³-hybridized carbons (Fsp3) is 0.383. The number of hydrogen-bond donors (Lipinski definition) is 4. The number of piperazine rings is 2. The van der Waals surface area contributed by atoms with Crippen LogP contribution in [0.15, 0.2) is 84.9 Å². The second-order valence-corrected chi connectivity index (χ2v) is 16.8. The maximum atomic E-state index is 14.6. The SMILES string of the molecule is O=C(O)N1CCC(C(=O)N2CCN(c3ccc(F)c(-c4nc5ccccc5[nH]4)c3)CC2)CC1.O=CC1(N2CCN(c3ccc(F)c(-c4nc5ccccc5[nH]4)c3)CC2)CCNCC1.